The Morgan fingerprint density at radius 2 is 2.16 bits per heavy atom. The van der Waals surface area contributed by atoms with Crippen molar-refractivity contribution in [2.24, 2.45) is 0 Å². The zero-order chi connectivity index (χ0) is 14.6. The Labute approximate surface area is 108 Å². The van der Waals surface area contributed by atoms with Gasteiger partial charge in [0, 0.05) is 12.6 Å². The van der Waals surface area contributed by atoms with E-state index in [-0.39, 0.29) is 23.5 Å². The number of nitrogens with zero attached hydrogens (tertiary/aromatic N) is 1. The Morgan fingerprint density at radius 3 is 2.63 bits per heavy atom. The van der Waals surface area contributed by atoms with Crippen molar-refractivity contribution in [3.05, 3.63) is 33.9 Å². The van der Waals surface area contributed by atoms with Gasteiger partial charge in [-0.15, -0.1) is 0 Å². The van der Waals surface area contributed by atoms with Crippen LogP contribution in [0.1, 0.15) is 17.3 Å². The number of hydrogen-bond donors (Lipinski definition) is 4. The highest BCUT2D eigenvalue weighted by Crippen LogP contribution is 2.26. The predicted molar refractivity (Wildman–Crippen MR) is 66.3 cm³/mol. The van der Waals surface area contributed by atoms with E-state index < -0.39 is 23.1 Å². The van der Waals surface area contributed by atoms with E-state index in [0.717, 1.165) is 18.2 Å². The third-order valence-electron chi connectivity index (χ3n) is 2.44. The third-order valence-corrected chi connectivity index (χ3v) is 2.44. The summed E-state index contributed by atoms with van der Waals surface area (Å²) >= 11 is 0. The van der Waals surface area contributed by atoms with Crippen molar-refractivity contribution in [3.63, 3.8) is 0 Å². The molecule has 1 aromatic rings. The Kier molecular flexibility index (Phi) is 4.41. The normalized spacial score (nSPS) is 13.6. The molecule has 0 aliphatic carbocycles. The summed E-state index contributed by atoms with van der Waals surface area (Å²) in [5.74, 6) is -1.22. The quantitative estimate of drug-likeness (QED) is 0.435. The maximum absolute atomic E-state index is 10.8. The van der Waals surface area contributed by atoms with E-state index >= 15 is 0 Å². The minimum atomic E-state index is -1.47. The molecule has 8 heteroatoms. The molecule has 0 saturated heterocycles. The fourth-order valence-electron chi connectivity index (χ4n) is 1.31. The van der Waals surface area contributed by atoms with Crippen LogP contribution in [-0.4, -0.2) is 45.0 Å². The molecular weight excluding hydrogens is 256 g/mol. The summed E-state index contributed by atoms with van der Waals surface area (Å²) in [6.07, 6.45) is 0. The smallest absolute Gasteiger partial charge is 0.335 e. The molecular formula is C11H14N2O6. The van der Waals surface area contributed by atoms with Gasteiger partial charge in [-0.05, 0) is 19.1 Å². The number of carboxylic acid groups (broad SMARTS) is 1. The van der Waals surface area contributed by atoms with E-state index in [1.807, 2.05) is 0 Å². The molecule has 0 amide bonds. The highest BCUT2D eigenvalue weighted by atomic mass is 16.6. The number of carboxylic acids is 1. The van der Waals surface area contributed by atoms with Gasteiger partial charge in [0.25, 0.3) is 5.69 Å². The molecule has 0 aliphatic rings. The van der Waals surface area contributed by atoms with Crippen LogP contribution in [0.25, 0.3) is 0 Å². The molecule has 1 atom stereocenters. The van der Waals surface area contributed by atoms with Crippen LogP contribution in [0.5, 0.6) is 0 Å². The van der Waals surface area contributed by atoms with Gasteiger partial charge in [0.15, 0.2) is 0 Å². The predicted octanol–water partition coefficient (Wildman–Crippen LogP) is 0.448. The molecule has 1 aromatic carbocycles. The number of aliphatic hydroxyl groups is 2. The van der Waals surface area contributed by atoms with Gasteiger partial charge in [-0.3, -0.25) is 10.1 Å². The van der Waals surface area contributed by atoms with Gasteiger partial charge in [-0.1, -0.05) is 0 Å². The first-order chi connectivity index (χ1) is 8.76. The monoisotopic (exact) mass is 270 g/mol. The number of aromatic carboxylic acids is 1. The largest absolute Gasteiger partial charge is 0.478 e. The summed E-state index contributed by atoms with van der Waals surface area (Å²) in [7, 11) is 0. The molecule has 4 N–H and O–H groups in total. The summed E-state index contributed by atoms with van der Waals surface area (Å²) in [5.41, 5.74) is -1.92. The lowest BCUT2D eigenvalue weighted by Gasteiger charge is -2.21. The Morgan fingerprint density at radius 1 is 1.53 bits per heavy atom. The van der Waals surface area contributed by atoms with Gasteiger partial charge in [0.05, 0.1) is 17.1 Å². The number of nitrogens with one attached hydrogen (secondary N) is 1. The minimum absolute atomic E-state index is 0.0291. The third kappa shape index (κ3) is 3.90. The lowest BCUT2D eigenvalue weighted by atomic mass is 10.1. The van der Waals surface area contributed by atoms with E-state index in [4.69, 9.17) is 10.2 Å². The molecule has 19 heavy (non-hydrogen) atoms. The van der Waals surface area contributed by atoms with Gasteiger partial charge >= 0.3 is 5.97 Å². The van der Waals surface area contributed by atoms with E-state index in [1.54, 1.807) is 0 Å². The molecule has 0 bridgehead atoms. The standard InChI is InChI=1S/C11H14N2O6/c1-11(17,6-14)5-12-8-4-7(10(15)16)2-3-9(8)13(18)19/h2-4,12,14,17H,5-6H2,1H3,(H,15,16). The van der Waals surface area contributed by atoms with Crippen LogP contribution >= 0.6 is 0 Å². The van der Waals surface area contributed by atoms with Crippen LogP contribution in [0.3, 0.4) is 0 Å². The maximum atomic E-state index is 10.8. The molecule has 0 heterocycles. The molecule has 0 saturated carbocycles. The van der Waals surface area contributed by atoms with E-state index in [1.165, 1.54) is 6.92 Å². The van der Waals surface area contributed by atoms with E-state index in [2.05, 4.69) is 5.32 Å². The number of rotatable bonds is 6. The molecule has 0 aromatic heterocycles. The van der Waals surface area contributed by atoms with E-state index in [9.17, 15) is 20.0 Å². The zero-order valence-electron chi connectivity index (χ0n) is 10.2. The molecule has 0 radical (unpaired) electrons. The van der Waals surface area contributed by atoms with Gasteiger partial charge < -0.3 is 20.6 Å². The number of nitro groups is 1. The first-order valence-electron chi connectivity index (χ1n) is 5.36. The number of hydrogen-bond acceptors (Lipinski definition) is 6. The van der Waals surface area contributed by atoms with Crippen molar-refractivity contribution in [3.8, 4) is 0 Å². The van der Waals surface area contributed by atoms with Crippen LogP contribution in [0, 0.1) is 10.1 Å². The maximum Gasteiger partial charge on any atom is 0.335 e. The van der Waals surface area contributed by atoms with Gasteiger partial charge in [-0.2, -0.15) is 0 Å². The Balaban J connectivity index is 3.04. The first kappa shape index (κ1) is 14.9. The number of nitro benzene ring substituents is 1. The van der Waals surface area contributed by atoms with Crippen molar-refractivity contribution < 1.29 is 25.0 Å². The average molecular weight is 270 g/mol. The topological polar surface area (TPSA) is 133 Å². The second kappa shape index (κ2) is 5.63. The first-order valence-corrected chi connectivity index (χ1v) is 5.36. The lowest BCUT2D eigenvalue weighted by molar-refractivity contribution is -0.384. The van der Waals surface area contributed by atoms with Crippen LogP contribution in [0.4, 0.5) is 11.4 Å². The van der Waals surface area contributed by atoms with Crippen molar-refractivity contribution in [2.75, 3.05) is 18.5 Å². The second-order valence-corrected chi connectivity index (χ2v) is 4.30. The molecule has 1 rings (SSSR count). The SMILES string of the molecule is CC(O)(CO)CNc1cc(C(=O)O)ccc1[N+](=O)[O-]. The molecule has 0 spiro atoms. The van der Waals surface area contributed by atoms with Gasteiger partial charge in [-0.25, -0.2) is 4.79 Å². The molecule has 1 unspecified atom stereocenters. The number of anilines is 1. The number of aliphatic hydroxyl groups excluding tert-OH is 1. The van der Waals surface area contributed by atoms with Crippen molar-refractivity contribution in [1.29, 1.82) is 0 Å². The fraction of sp³-hybridized carbons (Fsp3) is 0.364. The highest BCUT2D eigenvalue weighted by molar-refractivity contribution is 5.90. The Hall–Kier alpha value is -2.19. The minimum Gasteiger partial charge on any atom is -0.478 e. The van der Waals surface area contributed by atoms with E-state index in [0.29, 0.717) is 0 Å². The van der Waals surface area contributed by atoms with Crippen molar-refractivity contribution in [2.45, 2.75) is 12.5 Å². The van der Waals surface area contributed by atoms with Crippen LogP contribution in [0.15, 0.2) is 18.2 Å². The van der Waals surface area contributed by atoms with Crippen LogP contribution in [-0.2, 0) is 0 Å². The van der Waals surface area contributed by atoms with Crippen molar-refractivity contribution in [1.82, 2.24) is 0 Å². The van der Waals surface area contributed by atoms with Gasteiger partial charge in [0.1, 0.15) is 11.3 Å². The van der Waals surface area contributed by atoms with Crippen LogP contribution in [0.2, 0.25) is 0 Å². The molecule has 8 nitrogen and oxygen atoms in total. The molecule has 104 valence electrons. The molecule has 0 fully saturated rings. The molecule has 0 aliphatic heterocycles. The summed E-state index contributed by atoms with van der Waals surface area (Å²) in [4.78, 5) is 20.9. The number of carbonyl (C=O) groups is 1. The van der Waals surface area contributed by atoms with Crippen LogP contribution < -0.4 is 5.32 Å². The van der Waals surface area contributed by atoms with Gasteiger partial charge in [0.2, 0.25) is 0 Å². The summed E-state index contributed by atoms with van der Waals surface area (Å²) in [5, 5.41) is 40.7. The lowest BCUT2D eigenvalue weighted by Crippen LogP contribution is -2.37. The highest BCUT2D eigenvalue weighted by Gasteiger charge is 2.22. The summed E-state index contributed by atoms with van der Waals surface area (Å²) in [6, 6.07) is 3.29. The zero-order valence-corrected chi connectivity index (χ0v) is 10.2. The fourth-order valence-corrected chi connectivity index (χ4v) is 1.31. The van der Waals surface area contributed by atoms with Crippen molar-refractivity contribution >= 4 is 17.3 Å². The second-order valence-electron chi connectivity index (χ2n) is 4.30. The number of benzene rings is 1. The average Bonchev–Trinajstić information content (AvgIpc) is 2.35. The Bertz CT molecular complexity index is 500. The summed E-state index contributed by atoms with van der Waals surface area (Å²) < 4.78 is 0. The summed E-state index contributed by atoms with van der Waals surface area (Å²) in [6.45, 7) is 0.646.